The lowest BCUT2D eigenvalue weighted by Gasteiger charge is -2.29. The van der Waals surface area contributed by atoms with Gasteiger partial charge < -0.3 is 19.6 Å². The number of benzene rings is 2. The molecule has 0 amide bonds. The zero-order valence-corrected chi connectivity index (χ0v) is 17.6. The standard InChI is InChI=1S/C22H28N2O3S/c1-22(2,3)27-21(25)24(4)13-14-26-18-12-8-11-17-19(15-23-20(17)18)28-16-9-6-5-7-10-16/h5-12,15,21,23,25H,13-14H2,1-4H3. The molecule has 0 saturated carbocycles. The first kappa shape index (κ1) is 20.7. The monoisotopic (exact) mass is 400 g/mol. The molecule has 28 heavy (non-hydrogen) atoms. The Morgan fingerprint density at radius 3 is 2.57 bits per heavy atom. The van der Waals surface area contributed by atoms with Crippen LogP contribution in [0.2, 0.25) is 0 Å². The third kappa shape index (κ3) is 5.52. The largest absolute Gasteiger partial charge is 0.490 e. The molecule has 2 N–H and O–H groups in total. The van der Waals surface area contributed by atoms with E-state index in [1.54, 1.807) is 16.7 Å². The SMILES string of the molecule is CN(CCOc1cccc2c(Sc3ccccc3)c[nH]c12)C(O)OC(C)(C)C. The number of nitrogens with zero attached hydrogens (tertiary/aromatic N) is 1. The number of aromatic nitrogens is 1. The van der Waals surface area contributed by atoms with Crippen molar-refractivity contribution < 1.29 is 14.6 Å². The first-order chi connectivity index (χ1) is 13.3. The first-order valence-electron chi connectivity index (χ1n) is 9.35. The van der Waals surface area contributed by atoms with Crippen LogP contribution in [0.3, 0.4) is 0 Å². The van der Waals surface area contributed by atoms with Crippen molar-refractivity contribution in [3.05, 3.63) is 54.7 Å². The maximum atomic E-state index is 10.1. The number of aliphatic hydroxyl groups is 1. The van der Waals surface area contributed by atoms with E-state index in [1.165, 1.54) is 4.90 Å². The number of aliphatic hydroxyl groups excluding tert-OH is 1. The summed E-state index contributed by atoms with van der Waals surface area (Å²) in [5.74, 6) is 0.803. The predicted molar refractivity (Wildman–Crippen MR) is 114 cm³/mol. The number of aromatic amines is 1. The minimum absolute atomic E-state index is 0.406. The van der Waals surface area contributed by atoms with Crippen LogP contribution in [-0.4, -0.2) is 47.2 Å². The number of rotatable bonds is 8. The summed E-state index contributed by atoms with van der Waals surface area (Å²) < 4.78 is 11.5. The average Bonchev–Trinajstić information content (AvgIpc) is 3.05. The van der Waals surface area contributed by atoms with Gasteiger partial charge in [0.1, 0.15) is 12.4 Å². The van der Waals surface area contributed by atoms with Gasteiger partial charge >= 0.3 is 0 Å². The van der Waals surface area contributed by atoms with Crippen molar-refractivity contribution in [1.29, 1.82) is 0 Å². The lowest BCUT2D eigenvalue weighted by molar-refractivity contribution is -0.233. The number of para-hydroxylation sites is 1. The highest BCUT2D eigenvalue weighted by Gasteiger charge is 2.20. The van der Waals surface area contributed by atoms with Gasteiger partial charge in [-0.2, -0.15) is 0 Å². The smallest absolute Gasteiger partial charge is 0.216 e. The average molecular weight is 401 g/mol. The molecule has 0 aliphatic heterocycles. The van der Waals surface area contributed by atoms with Crippen molar-refractivity contribution in [3.8, 4) is 5.75 Å². The van der Waals surface area contributed by atoms with Gasteiger partial charge in [-0.15, -0.1) is 0 Å². The molecule has 3 aromatic rings. The summed E-state index contributed by atoms with van der Waals surface area (Å²) in [7, 11) is 1.81. The molecule has 0 bridgehead atoms. The second-order valence-electron chi connectivity index (χ2n) is 7.63. The summed E-state index contributed by atoms with van der Waals surface area (Å²) in [6.07, 6.45) is 1.06. The minimum atomic E-state index is -0.959. The number of hydrogen-bond acceptors (Lipinski definition) is 5. The molecule has 3 rings (SSSR count). The number of fused-ring (bicyclic) bond motifs is 1. The van der Waals surface area contributed by atoms with E-state index in [4.69, 9.17) is 9.47 Å². The van der Waals surface area contributed by atoms with Gasteiger partial charge in [0, 0.05) is 27.9 Å². The highest BCUT2D eigenvalue weighted by atomic mass is 32.2. The van der Waals surface area contributed by atoms with E-state index in [0.717, 1.165) is 21.5 Å². The molecule has 2 aromatic carbocycles. The van der Waals surface area contributed by atoms with E-state index in [2.05, 4.69) is 23.2 Å². The molecule has 1 aromatic heterocycles. The van der Waals surface area contributed by atoms with E-state index in [9.17, 15) is 5.11 Å². The summed E-state index contributed by atoms with van der Waals surface area (Å²) in [5, 5.41) is 11.2. The van der Waals surface area contributed by atoms with Crippen molar-refractivity contribution in [2.75, 3.05) is 20.2 Å². The van der Waals surface area contributed by atoms with Gasteiger partial charge in [-0.25, -0.2) is 0 Å². The summed E-state index contributed by atoms with van der Waals surface area (Å²) in [6.45, 7) is 6.73. The zero-order valence-electron chi connectivity index (χ0n) is 16.8. The van der Waals surface area contributed by atoms with Crippen molar-refractivity contribution >= 4 is 22.7 Å². The maximum absolute atomic E-state index is 10.1. The second kappa shape index (κ2) is 9.01. The van der Waals surface area contributed by atoms with E-state index >= 15 is 0 Å². The Hall–Kier alpha value is -1.99. The lowest BCUT2D eigenvalue weighted by Crippen LogP contribution is -2.41. The molecule has 0 radical (unpaired) electrons. The van der Waals surface area contributed by atoms with Gasteiger partial charge in [-0.05, 0) is 46.0 Å². The molecule has 1 atom stereocenters. The van der Waals surface area contributed by atoms with Gasteiger partial charge in [0.25, 0.3) is 0 Å². The van der Waals surface area contributed by atoms with Crippen LogP contribution in [0.5, 0.6) is 5.75 Å². The molecule has 0 spiro atoms. The van der Waals surface area contributed by atoms with Crippen molar-refractivity contribution in [2.45, 2.75) is 42.6 Å². The Balaban J connectivity index is 1.63. The van der Waals surface area contributed by atoms with E-state index < -0.39 is 12.0 Å². The number of H-pyrrole nitrogens is 1. The van der Waals surface area contributed by atoms with E-state index in [-0.39, 0.29) is 0 Å². The Morgan fingerprint density at radius 2 is 1.86 bits per heavy atom. The first-order valence-corrected chi connectivity index (χ1v) is 10.2. The number of hydrogen-bond donors (Lipinski definition) is 2. The topological polar surface area (TPSA) is 57.7 Å². The molecular weight excluding hydrogens is 372 g/mol. The number of likely N-dealkylation sites (N-methyl/N-ethyl adjacent to an activating group) is 1. The van der Waals surface area contributed by atoms with Gasteiger partial charge in [0.2, 0.25) is 6.41 Å². The van der Waals surface area contributed by atoms with E-state index in [0.29, 0.717) is 13.2 Å². The lowest BCUT2D eigenvalue weighted by atomic mass is 10.2. The fraction of sp³-hybridized carbons (Fsp3) is 0.364. The van der Waals surface area contributed by atoms with Crippen LogP contribution in [0.1, 0.15) is 20.8 Å². The van der Waals surface area contributed by atoms with Crippen molar-refractivity contribution in [2.24, 2.45) is 0 Å². The molecular formula is C22H28N2O3S. The molecule has 150 valence electrons. The van der Waals surface area contributed by atoms with Crippen molar-refractivity contribution in [1.82, 2.24) is 9.88 Å². The van der Waals surface area contributed by atoms with Crippen LogP contribution in [0, 0.1) is 0 Å². The van der Waals surface area contributed by atoms with Crippen LogP contribution < -0.4 is 4.74 Å². The minimum Gasteiger partial charge on any atom is -0.490 e. The summed E-state index contributed by atoms with van der Waals surface area (Å²) in [4.78, 5) is 7.42. The molecule has 5 nitrogen and oxygen atoms in total. The Morgan fingerprint density at radius 1 is 1.11 bits per heavy atom. The van der Waals surface area contributed by atoms with Crippen LogP contribution in [0.4, 0.5) is 0 Å². The van der Waals surface area contributed by atoms with Crippen LogP contribution in [0.25, 0.3) is 10.9 Å². The highest BCUT2D eigenvalue weighted by molar-refractivity contribution is 7.99. The molecule has 0 saturated heterocycles. The number of nitrogens with one attached hydrogen (secondary N) is 1. The van der Waals surface area contributed by atoms with E-state index in [1.807, 2.05) is 64.3 Å². The maximum Gasteiger partial charge on any atom is 0.216 e. The molecule has 0 fully saturated rings. The number of ether oxygens (including phenoxy) is 2. The molecule has 0 aliphatic carbocycles. The summed E-state index contributed by atoms with van der Waals surface area (Å²) >= 11 is 1.73. The van der Waals surface area contributed by atoms with Gasteiger partial charge in [0.05, 0.1) is 11.1 Å². The molecule has 6 heteroatoms. The van der Waals surface area contributed by atoms with Gasteiger partial charge in [-0.3, -0.25) is 4.90 Å². The summed E-state index contributed by atoms with van der Waals surface area (Å²) in [6, 6.07) is 16.4. The van der Waals surface area contributed by atoms with Gasteiger partial charge in [0.15, 0.2) is 0 Å². The molecule has 1 unspecified atom stereocenters. The Labute approximate surface area is 170 Å². The zero-order chi connectivity index (χ0) is 20.1. The predicted octanol–water partition coefficient (Wildman–Crippen LogP) is 4.72. The fourth-order valence-corrected chi connectivity index (χ4v) is 3.68. The third-order valence-corrected chi connectivity index (χ3v) is 5.21. The highest BCUT2D eigenvalue weighted by Crippen LogP contribution is 2.36. The molecule has 0 aliphatic rings. The quantitative estimate of drug-likeness (QED) is 0.536. The van der Waals surface area contributed by atoms with Crippen molar-refractivity contribution in [3.63, 3.8) is 0 Å². The fourth-order valence-electron chi connectivity index (χ4n) is 2.74. The van der Waals surface area contributed by atoms with Crippen LogP contribution in [0.15, 0.2) is 64.5 Å². The van der Waals surface area contributed by atoms with Crippen LogP contribution in [-0.2, 0) is 4.74 Å². The summed E-state index contributed by atoms with van der Waals surface area (Å²) in [5.41, 5.74) is 0.576. The Bertz CT molecular complexity index is 890. The van der Waals surface area contributed by atoms with Gasteiger partial charge in [-0.1, -0.05) is 42.1 Å². The molecule has 1 heterocycles. The van der Waals surface area contributed by atoms with Crippen LogP contribution >= 0.6 is 11.8 Å². The third-order valence-electron chi connectivity index (χ3n) is 4.15. The second-order valence-corrected chi connectivity index (χ2v) is 8.75. The normalized spacial score (nSPS) is 13.2. The Kier molecular flexibility index (Phi) is 6.67.